The SMILES string of the molecule is Brc1cccc2c1C1(CCC1)c1ccccc1-2. The van der Waals surface area contributed by atoms with Crippen LogP contribution in [0.5, 0.6) is 0 Å². The standard InChI is InChI=1S/C16H13Br/c17-14-8-3-6-12-11-5-1-2-7-13(11)16(15(12)14)9-4-10-16/h1-3,5-8H,4,9-10H2. The van der Waals surface area contributed by atoms with Gasteiger partial charge in [0.15, 0.2) is 0 Å². The van der Waals surface area contributed by atoms with E-state index < -0.39 is 0 Å². The Hall–Kier alpha value is -1.08. The summed E-state index contributed by atoms with van der Waals surface area (Å²) in [5.41, 5.74) is 6.30. The molecule has 0 aromatic heterocycles. The first-order valence-electron chi connectivity index (χ1n) is 6.22. The Bertz CT molecular complexity index is 609. The number of hydrogen-bond acceptors (Lipinski definition) is 0. The van der Waals surface area contributed by atoms with E-state index in [1.807, 2.05) is 0 Å². The third-order valence-corrected chi connectivity index (χ3v) is 5.09. The molecule has 0 amide bonds. The number of hydrogen-bond donors (Lipinski definition) is 0. The lowest BCUT2D eigenvalue weighted by molar-refractivity contribution is 0.308. The second-order valence-electron chi connectivity index (χ2n) is 5.14. The van der Waals surface area contributed by atoms with E-state index in [1.165, 1.54) is 40.4 Å². The van der Waals surface area contributed by atoms with Gasteiger partial charge < -0.3 is 0 Å². The van der Waals surface area contributed by atoms with Crippen molar-refractivity contribution in [2.75, 3.05) is 0 Å². The van der Waals surface area contributed by atoms with Crippen LogP contribution in [0.25, 0.3) is 11.1 Å². The lowest BCUT2D eigenvalue weighted by atomic mass is 9.63. The fourth-order valence-electron chi connectivity index (χ4n) is 3.55. The van der Waals surface area contributed by atoms with Crippen molar-refractivity contribution in [1.29, 1.82) is 0 Å². The quantitative estimate of drug-likeness (QED) is 0.646. The van der Waals surface area contributed by atoms with E-state index in [-0.39, 0.29) is 0 Å². The van der Waals surface area contributed by atoms with Crippen molar-refractivity contribution in [3.63, 3.8) is 0 Å². The van der Waals surface area contributed by atoms with Crippen LogP contribution in [-0.4, -0.2) is 0 Å². The van der Waals surface area contributed by atoms with E-state index in [4.69, 9.17) is 0 Å². The molecular weight excluding hydrogens is 272 g/mol. The van der Waals surface area contributed by atoms with Crippen LogP contribution in [-0.2, 0) is 5.41 Å². The molecule has 1 heteroatoms. The molecule has 0 unspecified atom stereocenters. The lowest BCUT2D eigenvalue weighted by Gasteiger charge is -2.41. The summed E-state index contributed by atoms with van der Waals surface area (Å²) < 4.78 is 1.28. The number of fused-ring (bicyclic) bond motifs is 5. The molecule has 1 spiro atoms. The first kappa shape index (κ1) is 9.90. The lowest BCUT2D eigenvalue weighted by Crippen LogP contribution is -2.33. The van der Waals surface area contributed by atoms with Crippen LogP contribution in [0, 0.1) is 0 Å². The summed E-state index contributed by atoms with van der Waals surface area (Å²) in [5, 5.41) is 0. The first-order chi connectivity index (χ1) is 8.33. The second kappa shape index (κ2) is 3.23. The van der Waals surface area contributed by atoms with Crippen LogP contribution in [0.2, 0.25) is 0 Å². The van der Waals surface area contributed by atoms with Crippen molar-refractivity contribution in [2.45, 2.75) is 24.7 Å². The summed E-state index contributed by atoms with van der Waals surface area (Å²) in [6, 6.07) is 15.5. The minimum absolute atomic E-state index is 0.325. The predicted octanol–water partition coefficient (Wildman–Crippen LogP) is 4.90. The average Bonchev–Trinajstić information content (AvgIpc) is 2.61. The highest BCUT2D eigenvalue weighted by Gasteiger charge is 2.48. The Morgan fingerprint density at radius 3 is 2.41 bits per heavy atom. The highest BCUT2D eigenvalue weighted by molar-refractivity contribution is 9.10. The summed E-state index contributed by atoms with van der Waals surface area (Å²) in [6.45, 7) is 0. The van der Waals surface area contributed by atoms with Crippen molar-refractivity contribution in [1.82, 2.24) is 0 Å². The third-order valence-electron chi connectivity index (χ3n) is 4.43. The van der Waals surface area contributed by atoms with E-state index >= 15 is 0 Å². The van der Waals surface area contributed by atoms with Gasteiger partial charge in [0.25, 0.3) is 0 Å². The Morgan fingerprint density at radius 1 is 0.882 bits per heavy atom. The zero-order valence-electron chi connectivity index (χ0n) is 9.54. The van der Waals surface area contributed by atoms with Gasteiger partial charge in [0.05, 0.1) is 0 Å². The summed E-state index contributed by atoms with van der Waals surface area (Å²) >= 11 is 3.76. The minimum Gasteiger partial charge on any atom is -0.0619 e. The zero-order chi connectivity index (χ0) is 11.5. The fraction of sp³-hybridized carbons (Fsp3) is 0.250. The largest absolute Gasteiger partial charge is 0.0619 e. The molecule has 0 atom stereocenters. The van der Waals surface area contributed by atoms with E-state index in [2.05, 4.69) is 58.4 Å². The van der Waals surface area contributed by atoms with Gasteiger partial charge in [-0.2, -0.15) is 0 Å². The van der Waals surface area contributed by atoms with Crippen molar-refractivity contribution in [3.8, 4) is 11.1 Å². The molecule has 84 valence electrons. The summed E-state index contributed by atoms with van der Waals surface area (Å²) in [6.07, 6.45) is 3.97. The molecule has 1 fully saturated rings. The van der Waals surface area contributed by atoms with Gasteiger partial charge in [-0.05, 0) is 41.2 Å². The summed E-state index contributed by atoms with van der Waals surface area (Å²) in [7, 11) is 0. The van der Waals surface area contributed by atoms with Crippen molar-refractivity contribution in [2.24, 2.45) is 0 Å². The topological polar surface area (TPSA) is 0 Å². The maximum atomic E-state index is 3.76. The van der Waals surface area contributed by atoms with E-state index in [1.54, 1.807) is 5.56 Å². The molecule has 2 aliphatic rings. The molecule has 1 saturated carbocycles. The smallest absolute Gasteiger partial charge is 0.0226 e. The van der Waals surface area contributed by atoms with Crippen LogP contribution in [0.4, 0.5) is 0 Å². The van der Waals surface area contributed by atoms with Gasteiger partial charge in [-0.3, -0.25) is 0 Å². The molecule has 0 bridgehead atoms. The Balaban J connectivity index is 2.12. The third kappa shape index (κ3) is 1.08. The van der Waals surface area contributed by atoms with Crippen molar-refractivity contribution in [3.05, 3.63) is 58.1 Å². The molecule has 0 radical (unpaired) electrons. The molecule has 2 aromatic carbocycles. The molecule has 17 heavy (non-hydrogen) atoms. The van der Waals surface area contributed by atoms with Gasteiger partial charge in [0, 0.05) is 9.89 Å². The molecule has 0 heterocycles. The van der Waals surface area contributed by atoms with Crippen LogP contribution < -0.4 is 0 Å². The molecule has 2 aliphatic carbocycles. The molecule has 0 N–H and O–H groups in total. The van der Waals surface area contributed by atoms with Crippen LogP contribution in [0.3, 0.4) is 0 Å². The monoisotopic (exact) mass is 284 g/mol. The Kier molecular flexibility index (Phi) is 1.88. The highest BCUT2D eigenvalue weighted by Crippen LogP contribution is 2.60. The maximum absolute atomic E-state index is 3.76. The molecule has 0 nitrogen and oxygen atoms in total. The average molecular weight is 285 g/mol. The number of benzene rings is 2. The molecule has 0 saturated heterocycles. The highest BCUT2D eigenvalue weighted by atomic mass is 79.9. The normalized spacial score (nSPS) is 18.6. The Labute approximate surface area is 110 Å². The molecule has 2 aromatic rings. The number of halogens is 1. The van der Waals surface area contributed by atoms with Gasteiger partial charge in [0.1, 0.15) is 0 Å². The molecule has 4 rings (SSSR count). The van der Waals surface area contributed by atoms with Gasteiger partial charge in [-0.15, -0.1) is 0 Å². The summed E-state index contributed by atoms with van der Waals surface area (Å²) in [5.74, 6) is 0. The van der Waals surface area contributed by atoms with Crippen LogP contribution >= 0.6 is 15.9 Å². The van der Waals surface area contributed by atoms with Crippen LogP contribution in [0.15, 0.2) is 46.9 Å². The predicted molar refractivity (Wildman–Crippen MR) is 74.2 cm³/mol. The number of rotatable bonds is 0. The maximum Gasteiger partial charge on any atom is 0.0226 e. The second-order valence-corrected chi connectivity index (χ2v) is 6.00. The van der Waals surface area contributed by atoms with Gasteiger partial charge in [-0.1, -0.05) is 58.7 Å². The first-order valence-corrected chi connectivity index (χ1v) is 7.01. The molecule has 0 aliphatic heterocycles. The van der Waals surface area contributed by atoms with E-state index in [9.17, 15) is 0 Å². The van der Waals surface area contributed by atoms with Gasteiger partial charge in [-0.25, -0.2) is 0 Å². The van der Waals surface area contributed by atoms with Gasteiger partial charge >= 0.3 is 0 Å². The fourth-order valence-corrected chi connectivity index (χ4v) is 4.30. The molecular formula is C16H13Br. The van der Waals surface area contributed by atoms with Crippen molar-refractivity contribution >= 4 is 15.9 Å². The minimum atomic E-state index is 0.325. The van der Waals surface area contributed by atoms with Crippen molar-refractivity contribution < 1.29 is 0 Å². The van der Waals surface area contributed by atoms with Gasteiger partial charge in [0.2, 0.25) is 0 Å². The zero-order valence-corrected chi connectivity index (χ0v) is 11.1. The summed E-state index contributed by atoms with van der Waals surface area (Å²) in [4.78, 5) is 0. The van der Waals surface area contributed by atoms with E-state index in [0.717, 1.165) is 0 Å². The van der Waals surface area contributed by atoms with Crippen LogP contribution in [0.1, 0.15) is 30.4 Å². The van der Waals surface area contributed by atoms with E-state index in [0.29, 0.717) is 5.41 Å². The Morgan fingerprint density at radius 2 is 1.65 bits per heavy atom.